The molecule has 0 spiro atoms. The number of nitrogens with zero attached hydrogens (tertiary/aromatic N) is 2. The van der Waals surface area contributed by atoms with Crippen LogP contribution in [-0.2, 0) is 6.54 Å². The molecule has 1 aromatic heterocycles. The number of hydrogen-bond donors (Lipinski definition) is 3. The van der Waals surface area contributed by atoms with Crippen molar-refractivity contribution in [2.45, 2.75) is 25.8 Å². The Balaban J connectivity index is 1.55. The van der Waals surface area contributed by atoms with Crippen molar-refractivity contribution in [3.8, 4) is 0 Å². The minimum atomic E-state index is -0.986. The predicted molar refractivity (Wildman–Crippen MR) is 112 cm³/mol. The first-order chi connectivity index (χ1) is 13.5. The molecular formula is C20H26N4O3S. The van der Waals surface area contributed by atoms with Crippen molar-refractivity contribution in [2.75, 3.05) is 37.2 Å². The summed E-state index contributed by atoms with van der Waals surface area (Å²) in [5.74, 6) is 0.0466. The Kier molecular flexibility index (Phi) is 6.76. The van der Waals surface area contributed by atoms with Crippen LogP contribution in [0.3, 0.4) is 0 Å². The summed E-state index contributed by atoms with van der Waals surface area (Å²) >= 11 is 1.43. The normalized spacial score (nSPS) is 13.9. The molecule has 1 fully saturated rings. The number of amides is 2. The van der Waals surface area contributed by atoms with Gasteiger partial charge in [0.1, 0.15) is 0 Å². The number of benzene rings is 1. The lowest BCUT2D eigenvalue weighted by atomic mass is 10.1. The summed E-state index contributed by atoms with van der Waals surface area (Å²) in [5.41, 5.74) is 7.96. The summed E-state index contributed by atoms with van der Waals surface area (Å²) < 4.78 is 0. The minimum Gasteiger partial charge on any atom is -0.465 e. The molecule has 4 N–H and O–H groups in total. The van der Waals surface area contributed by atoms with Crippen LogP contribution in [0.5, 0.6) is 0 Å². The number of nitrogens with one attached hydrogen (secondary N) is 1. The van der Waals surface area contributed by atoms with E-state index in [4.69, 9.17) is 5.73 Å². The number of carboxylic acid groups (broad SMARTS) is 1. The van der Waals surface area contributed by atoms with Crippen molar-refractivity contribution < 1.29 is 14.7 Å². The van der Waals surface area contributed by atoms with Gasteiger partial charge in [-0.1, -0.05) is 12.1 Å². The lowest BCUT2D eigenvalue weighted by molar-refractivity contribution is 0.0725. The predicted octanol–water partition coefficient (Wildman–Crippen LogP) is 3.55. The second-order valence-electron chi connectivity index (χ2n) is 6.87. The Morgan fingerprint density at radius 1 is 1.21 bits per heavy atom. The Hall–Kier alpha value is -2.74. The summed E-state index contributed by atoms with van der Waals surface area (Å²) in [6.07, 6.45) is 2.29. The van der Waals surface area contributed by atoms with E-state index in [1.54, 1.807) is 6.07 Å². The second-order valence-corrected chi connectivity index (χ2v) is 7.87. The van der Waals surface area contributed by atoms with Gasteiger partial charge in [0, 0.05) is 36.4 Å². The zero-order valence-electron chi connectivity index (χ0n) is 15.8. The summed E-state index contributed by atoms with van der Waals surface area (Å²) in [5, 5.41) is 14.5. The molecule has 0 aliphatic carbocycles. The monoisotopic (exact) mass is 402 g/mol. The summed E-state index contributed by atoms with van der Waals surface area (Å²) in [6.45, 7) is 2.64. The van der Waals surface area contributed by atoms with E-state index in [1.165, 1.54) is 22.7 Å². The number of rotatable bonds is 7. The summed E-state index contributed by atoms with van der Waals surface area (Å²) in [6, 6.07) is 9.20. The Labute approximate surface area is 168 Å². The lowest BCUT2D eigenvalue weighted by Gasteiger charge is -2.26. The van der Waals surface area contributed by atoms with Crippen LogP contribution in [0.2, 0.25) is 0 Å². The first kappa shape index (κ1) is 20.0. The van der Waals surface area contributed by atoms with Crippen molar-refractivity contribution in [2.24, 2.45) is 0 Å². The number of nitrogens with two attached hydrogens (primary N) is 1. The lowest BCUT2D eigenvalue weighted by Crippen LogP contribution is -2.35. The van der Waals surface area contributed by atoms with E-state index in [2.05, 4.69) is 5.32 Å². The van der Waals surface area contributed by atoms with Gasteiger partial charge in [-0.05, 0) is 37.5 Å². The molecule has 8 heteroatoms. The average Bonchev–Trinajstić information content (AvgIpc) is 3.17. The number of anilines is 2. The van der Waals surface area contributed by atoms with Gasteiger partial charge in [-0.25, -0.2) is 4.79 Å². The van der Waals surface area contributed by atoms with Crippen LogP contribution in [-0.4, -0.2) is 53.1 Å². The van der Waals surface area contributed by atoms with Crippen molar-refractivity contribution in [1.29, 1.82) is 0 Å². The van der Waals surface area contributed by atoms with Gasteiger partial charge in [0.2, 0.25) is 0 Å². The second kappa shape index (κ2) is 9.45. The molecule has 1 saturated heterocycles. The summed E-state index contributed by atoms with van der Waals surface area (Å²) in [4.78, 5) is 28.3. The zero-order chi connectivity index (χ0) is 19.9. The SMILES string of the molecule is Nc1ccccc1NCCN(Cc1cc(C(=O)N2CCCCC2)cs1)C(=O)O. The maximum Gasteiger partial charge on any atom is 0.407 e. The molecule has 0 unspecified atom stereocenters. The highest BCUT2D eigenvalue weighted by atomic mass is 32.1. The minimum absolute atomic E-state index is 0.0466. The Morgan fingerprint density at radius 2 is 1.96 bits per heavy atom. The quantitative estimate of drug-likeness (QED) is 0.615. The zero-order valence-corrected chi connectivity index (χ0v) is 16.6. The number of carbonyl (C=O) groups excluding carboxylic acids is 1. The highest BCUT2D eigenvalue weighted by Crippen LogP contribution is 2.21. The van der Waals surface area contributed by atoms with Crippen LogP contribution in [0, 0.1) is 0 Å². The molecular weight excluding hydrogens is 376 g/mol. The van der Waals surface area contributed by atoms with Gasteiger partial charge in [0.05, 0.1) is 23.5 Å². The third-order valence-electron chi connectivity index (χ3n) is 4.82. The van der Waals surface area contributed by atoms with E-state index < -0.39 is 6.09 Å². The molecule has 2 heterocycles. The Bertz CT molecular complexity index is 817. The third kappa shape index (κ3) is 5.16. The average molecular weight is 403 g/mol. The van der Waals surface area contributed by atoms with Crippen LogP contribution < -0.4 is 11.1 Å². The molecule has 0 saturated carbocycles. The van der Waals surface area contributed by atoms with E-state index in [9.17, 15) is 14.7 Å². The number of nitrogen functional groups attached to an aromatic ring is 1. The number of para-hydroxylation sites is 2. The molecule has 0 atom stereocenters. The topological polar surface area (TPSA) is 98.9 Å². The van der Waals surface area contributed by atoms with Gasteiger partial charge < -0.3 is 26.0 Å². The smallest absolute Gasteiger partial charge is 0.407 e. The van der Waals surface area contributed by atoms with E-state index in [-0.39, 0.29) is 12.5 Å². The van der Waals surface area contributed by atoms with Crippen molar-refractivity contribution in [1.82, 2.24) is 9.80 Å². The fourth-order valence-electron chi connectivity index (χ4n) is 3.27. The fraction of sp³-hybridized carbons (Fsp3) is 0.400. The van der Waals surface area contributed by atoms with Gasteiger partial charge >= 0.3 is 6.09 Å². The van der Waals surface area contributed by atoms with E-state index in [0.717, 1.165) is 36.5 Å². The number of thiophene rings is 1. The molecule has 1 aliphatic heterocycles. The van der Waals surface area contributed by atoms with E-state index in [1.807, 2.05) is 34.5 Å². The summed E-state index contributed by atoms with van der Waals surface area (Å²) in [7, 11) is 0. The molecule has 2 aromatic rings. The van der Waals surface area contributed by atoms with Gasteiger partial charge in [0.25, 0.3) is 5.91 Å². The molecule has 2 amide bonds. The number of likely N-dealkylation sites (tertiary alicyclic amines) is 1. The van der Waals surface area contributed by atoms with E-state index >= 15 is 0 Å². The molecule has 3 rings (SSSR count). The third-order valence-corrected chi connectivity index (χ3v) is 5.74. The van der Waals surface area contributed by atoms with Gasteiger partial charge in [0.15, 0.2) is 0 Å². The molecule has 7 nitrogen and oxygen atoms in total. The van der Waals surface area contributed by atoms with Crippen molar-refractivity contribution in [3.05, 3.63) is 46.2 Å². The Morgan fingerprint density at radius 3 is 2.68 bits per heavy atom. The van der Waals surface area contributed by atoms with Gasteiger partial charge in [-0.2, -0.15) is 0 Å². The maximum absolute atomic E-state index is 12.6. The first-order valence-electron chi connectivity index (χ1n) is 9.47. The number of carbonyl (C=O) groups is 2. The fourth-order valence-corrected chi connectivity index (χ4v) is 4.14. The highest BCUT2D eigenvalue weighted by molar-refractivity contribution is 7.10. The van der Waals surface area contributed by atoms with Crippen LogP contribution in [0.4, 0.5) is 16.2 Å². The molecule has 150 valence electrons. The first-order valence-corrected chi connectivity index (χ1v) is 10.4. The van der Waals surface area contributed by atoms with Gasteiger partial charge in [-0.15, -0.1) is 11.3 Å². The van der Waals surface area contributed by atoms with Crippen LogP contribution >= 0.6 is 11.3 Å². The van der Waals surface area contributed by atoms with Crippen LogP contribution in [0.15, 0.2) is 35.7 Å². The molecule has 0 bridgehead atoms. The molecule has 28 heavy (non-hydrogen) atoms. The number of piperidine rings is 1. The molecule has 1 aromatic carbocycles. The van der Waals surface area contributed by atoms with Crippen LogP contribution in [0.25, 0.3) is 0 Å². The van der Waals surface area contributed by atoms with E-state index in [0.29, 0.717) is 24.3 Å². The maximum atomic E-state index is 12.6. The van der Waals surface area contributed by atoms with Crippen molar-refractivity contribution in [3.63, 3.8) is 0 Å². The number of hydrogen-bond acceptors (Lipinski definition) is 5. The molecule has 1 aliphatic rings. The van der Waals surface area contributed by atoms with Crippen molar-refractivity contribution >= 4 is 34.7 Å². The largest absolute Gasteiger partial charge is 0.465 e. The molecule has 0 radical (unpaired) electrons. The van der Waals surface area contributed by atoms with Crippen LogP contribution in [0.1, 0.15) is 34.5 Å². The highest BCUT2D eigenvalue weighted by Gasteiger charge is 2.20. The standard InChI is InChI=1S/C20H26N4O3S/c21-17-6-2-3-7-18(17)22-8-11-24(20(26)27)13-16-12-15(14-28-16)19(25)23-9-4-1-5-10-23/h2-3,6-7,12,14,22H,1,4-5,8-11,13,21H2,(H,26,27). The van der Waals surface area contributed by atoms with Gasteiger partial charge in [-0.3, -0.25) is 4.79 Å².